The van der Waals surface area contributed by atoms with E-state index in [0.717, 1.165) is 16.7 Å². The van der Waals surface area contributed by atoms with Crippen LogP contribution in [0.5, 0.6) is 0 Å². The van der Waals surface area contributed by atoms with Gasteiger partial charge in [0.05, 0.1) is 19.6 Å². The molecule has 3 aromatic rings. The Balaban J connectivity index is 1.81. The normalized spacial score (nSPS) is 12.3. The van der Waals surface area contributed by atoms with Gasteiger partial charge in [-0.1, -0.05) is 61.5 Å². The van der Waals surface area contributed by atoms with Crippen molar-refractivity contribution < 1.29 is 23.9 Å². The molecule has 0 bridgehead atoms. The first kappa shape index (κ1) is 26.8. The van der Waals surface area contributed by atoms with E-state index in [9.17, 15) is 14.4 Å². The molecule has 0 saturated heterocycles. The smallest absolute Gasteiger partial charge is 0.356 e. The highest BCUT2D eigenvalue weighted by Gasteiger charge is 2.24. The van der Waals surface area contributed by atoms with E-state index in [1.165, 1.54) is 13.2 Å². The maximum absolute atomic E-state index is 13.0. The summed E-state index contributed by atoms with van der Waals surface area (Å²) in [5, 5.41) is 2.67. The Kier molecular flexibility index (Phi) is 9.53. The van der Waals surface area contributed by atoms with Crippen molar-refractivity contribution in [3.8, 4) is 11.1 Å². The summed E-state index contributed by atoms with van der Waals surface area (Å²) in [6.45, 7) is 3.78. The minimum atomic E-state index is -0.737. The second-order valence-electron chi connectivity index (χ2n) is 8.23. The van der Waals surface area contributed by atoms with Gasteiger partial charge in [-0.3, -0.25) is 9.59 Å². The molecule has 1 amide bonds. The molecule has 0 saturated carbocycles. The number of amides is 1. The Morgan fingerprint density at radius 2 is 1.61 bits per heavy atom. The molecule has 36 heavy (non-hydrogen) atoms. The number of methoxy groups -OCH3 is 1. The largest absolute Gasteiger partial charge is 0.466 e. The Morgan fingerprint density at radius 1 is 0.972 bits per heavy atom. The van der Waals surface area contributed by atoms with Gasteiger partial charge in [-0.05, 0) is 48.1 Å². The van der Waals surface area contributed by atoms with Crippen molar-refractivity contribution in [1.82, 2.24) is 15.3 Å². The molecule has 1 N–H and O–H groups in total. The lowest BCUT2D eigenvalue weighted by molar-refractivity contribution is -0.147. The number of carbonyl (C=O) groups is 3. The fraction of sp³-hybridized carbons (Fsp3) is 0.296. The summed E-state index contributed by atoms with van der Waals surface area (Å²) in [5.41, 5.74) is 2.95. The molecule has 1 aromatic heterocycles. The first-order valence-corrected chi connectivity index (χ1v) is 11.9. The molecule has 9 heteroatoms. The van der Waals surface area contributed by atoms with E-state index in [-0.39, 0.29) is 29.2 Å². The van der Waals surface area contributed by atoms with Crippen molar-refractivity contribution in [1.29, 1.82) is 0 Å². The summed E-state index contributed by atoms with van der Waals surface area (Å²) in [6, 6.07) is 18.8. The van der Waals surface area contributed by atoms with Crippen molar-refractivity contribution in [2.75, 3.05) is 13.7 Å². The van der Waals surface area contributed by atoms with Gasteiger partial charge in [0.25, 0.3) is 5.91 Å². The van der Waals surface area contributed by atoms with E-state index in [1.54, 1.807) is 13.8 Å². The highest BCUT2D eigenvalue weighted by atomic mass is 35.5. The minimum Gasteiger partial charge on any atom is -0.466 e. The van der Waals surface area contributed by atoms with Crippen LogP contribution in [0, 0.1) is 5.92 Å². The van der Waals surface area contributed by atoms with E-state index in [2.05, 4.69) is 20.0 Å². The average molecular weight is 510 g/mol. The van der Waals surface area contributed by atoms with Crippen LogP contribution in [0.15, 0.2) is 60.7 Å². The molecule has 2 atom stereocenters. The number of esters is 2. The number of nitrogens with one attached hydrogen (secondary N) is 1. The van der Waals surface area contributed by atoms with E-state index in [0.29, 0.717) is 12.8 Å². The van der Waals surface area contributed by atoms with Crippen molar-refractivity contribution in [3.63, 3.8) is 0 Å². The van der Waals surface area contributed by atoms with Crippen LogP contribution in [-0.4, -0.2) is 47.6 Å². The summed E-state index contributed by atoms with van der Waals surface area (Å²) >= 11 is 5.92. The standard InChI is InChI=1S/C27H28ClN3O5/c1-4-36-25(33)17(2)14-21(15-18-10-12-20(13-11-18)19-8-6-5-7-9-19)29-24(32)22-16-23(26(34)35-3)31-27(28)30-22/h5-13,16-17,21H,4,14-15H2,1-3H3,(H,29,32)/t17-,21?/m1/s1. The van der Waals surface area contributed by atoms with Gasteiger partial charge in [0, 0.05) is 12.1 Å². The van der Waals surface area contributed by atoms with Crippen LogP contribution in [0.1, 0.15) is 46.8 Å². The van der Waals surface area contributed by atoms with Gasteiger partial charge < -0.3 is 14.8 Å². The Bertz CT molecular complexity index is 1200. The molecule has 2 aromatic carbocycles. The number of nitrogens with zero attached hydrogens (tertiary/aromatic N) is 2. The number of carbonyl (C=O) groups excluding carboxylic acids is 3. The molecule has 0 spiro atoms. The Labute approximate surface area is 215 Å². The third-order valence-corrected chi connectivity index (χ3v) is 5.70. The van der Waals surface area contributed by atoms with Crippen molar-refractivity contribution in [2.45, 2.75) is 32.7 Å². The zero-order valence-electron chi connectivity index (χ0n) is 20.4. The molecule has 0 aliphatic heterocycles. The van der Waals surface area contributed by atoms with Crippen LogP contribution in [0.25, 0.3) is 11.1 Å². The molecule has 1 unspecified atom stereocenters. The first-order chi connectivity index (χ1) is 17.3. The molecule has 0 aliphatic carbocycles. The lowest BCUT2D eigenvalue weighted by Crippen LogP contribution is -2.39. The topological polar surface area (TPSA) is 107 Å². The molecule has 3 rings (SSSR count). The van der Waals surface area contributed by atoms with Crippen molar-refractivity contribution in [3.05, 3.63) is 82.9 Å². The molecule has 8 nitrogen and oxygen atoms in total. The third-order valence-electron chi connectivity index (χ3n) is 5.53. The summed E-state index contributed by atoms with van der Waals surface area (Å²) in [5.74, 6) is -2.07. The number of benzene rings is 2. The quantitative estimate of drug-likeness (QED) is 0.316. The lowest BCUT2D eigenvalue weighted by Gasteiger charge is -2.22. The van der Waals surface area contributed by atoms with Crippen molar-refractivity contribution in [2.24, 2.45) is 5.92 Å². The van der Waals surface area contributed by atoms with Gasteiger partial charge in [-0.25, -0.2) is 14.8 Å². The number of hydrogen-bond acceptors (Lipinski definition) is 7. The van der Waals surface area contributed by atoms with Crippen LogP contribution in [0.2, 0.25) is 5.28 Å². The number of aromatic nitrogens is 2. The molecular weight excluding hydrogens is 482 g/mol. The monoisotopic (exact) mass is 509 g/mol. The summed E-state index contributed by atoms with van der Waals surface area (Å²) in [7, 11) is 1.20. The van der Waals surface area contributed by atoms with E-state index in [4.69, 9.17) is 16.3 Å². The zero-order chi connectivity index (χ0) is 26.1. The van der Waals surface area contributed by atoms with E-state index < -0.39 is 23.8 Å². The van der Waals surface area contributed by atoms with Gasteiger partial charge in [0.2, 0.25) is 5.28 Å². The predicted molar refractivity (Wildman–Crippen MR) is 136 cm³/mol. The van der Waals surface area contributed by atoms with Gasteiger partial charge in [0.1, 0.15) is 5.69 Å². The van der Waals surface area contributed by atoms with Crippen LogP contribution >= 0.6 is 11.6 Å². The van der Waals surface area contributed by atoms with E-state index >= 15 is 0 Å². The molecule has 0 aliphatic rings. The Hall–Kier alpha value is -3.78. The number of rotatable bonds is 10. The maximum Gasteiger partial charge on any atom is 0.356 e. The van der Waals surface area contributed by atoms with E-state index in [1.807, 2.05) is 54.6 Å². The van der Waals surface area contributed by atoms with Crippen LogP contribution < -0.4 is 5.32 Å². The molecular formula is C27H28ClN3O5. The van der Waals surface area contributed by atoms with Crippen LogP contribution in [0.4, 0.5) is 0 Å². The number of hydrogen-bond donors (Lipinski definition) is 1. The zero-order valence-corrected chi connectivity index (χ0v) is 21.1. The highest BCUT2D eigenvalue weighted by Crippen LogP contribution is 2.21. The molecule has 0 fully saturated rings. The fourth-order valence-corrected chi connectivity index (χ4v) is 3.93. The predicted octanol–water partition coefficient (Wildman–Crippen LogP) is 4.51. The fourth-order valence-electron chi connectivity index (χ4n) is 3.75. The van der Waals surface area contributed by atoms with Crippen molar-refractivity contribution >= 4 is 29.4 Å². The minimum absolute atomic E-state index is 0.0800. The van der Waals surface area contributed by atoms with Gasteiger partial charge in [0.15, 0.2) is 5.69 Å². The summed E-state index contributed by atoms with van der Waals surface area (Å²) < 4.78 is 9.80. The van der Waals surface area contributed by atoms with Crippen LogP contribution in [-0.2, 0) is 20.7 Å². The number of halogens is 1. The number of ether oxygens (including phenoxy) is 2. The second kappa shape index (κ2) is 12.8. The van der Waals surface area contributed by atoms with Gasteiger partial charge in [-0.15, -0.1) is 0 Å². The average Bonchev–Trinajstić information content (AvgIpc) is 2.88. The second-order valence-corrected chi connectivity index (χ2v) is 8.56. The molecule has 1 heterocycles. The SMILES string of the molecule is CCOC(=O)[C@H](C)CC(Cc1ccc(-c2ccccc2)cc1)NC(=O)c1cc(C(=O)OC)nc(Cl)n1. The van der Waals surface area contributed by atoms with Crippen LogP contribution in [0.3, 0.4) is 0 Å². The first-order valence-electron chi connectivity index (χ1n) is 11.6. The Morgan fingerprint density at radius 3 is 2.25 bits per heavy atom. The highest BCUT2D eigenvalue weighted by molar-refractivity contribution is 6.28. The van der Waals surface area contributed by atoms with Gasteiger partial charge in [-0.2, -0.15) is 0 Å². The lowest BCUT2D eigenvalue weighted by atomic mass is 9.94. The van der Waals surface area contributed by atoms with Gasteiger partial charge >= 0.3 is 11.9 Å². The molecule has 0 radical (unpaired) electrons. The summed E-state index contributed by atoms with van der Waals surface area (Å²) in [6.07, 6.45) is 0.806. The molecule has 188 valence electrons. The maximum atomic E-state index is 13.0. The summed E-state index contributed by atoms with van der Waals surface area (Å²) in [4.78, 5) is 44.9. The third kappa shape index (κ3) is 7.36.